The molecular formula is C16H22N2O. The van der Waals surface area contributed by atoms with Crippen LogP contribution in [0.2, 0.25) is 0 Å². The van der Waals surface area contributed by atoms with E-state index >= 15 is 0 Å². The van der Waals surface area contributed by atoms with Gasteiger partial charge in [-0.3, -0.25) is 0 Å². The Bertz CT molecular complexity index is 445. The molecule has 0 radical (unpaired) electrons. The molecule has 0 spiro atoms. The Hall–Kier alpha value is -1.63. The van der Waals surface area contributed by atoms with Crippen LogP contribution in [-0.2, 0) is 0 Å². The van der Waals surface area contributed by atoms with Gasteiger partial charge in [0.05, 0.1) is 18.2 Å². The van der Waals surface area contributed by atoms with Gasteiger partial charge in [-0.2, -0.15) is 5.26 Å². The van der Waals surface area contributed by atoms with E-state index in [0.717, 1.165) is 24.9 Å². The van der Waals surface area contributed by atoms with Crippen LogP contribution in [0.25, 0.3) is 6.08 Å². The predicted octanol–water partition coefficient (Wildman–Crippen LogP) is 2.71. The molecule has 0 aliphatic heterocycles. The third kappa shape index (κ3) is 5.25. The number of hydrogen-bond acceptors (Lipinski definition) is 3. The molecule has 0 heterocycles. The molecule has 1 aromatic rings. The topological polar surface area (TPSA) is 56.0 Å². The number of aliphatic hydroxyl groups is 1. The van der Waals surface area contributed by atoms with Crippen LogP contribution in [0.4, 0.5) is 0 Å². The average molecular weight is 258 g/mol. The Morgan fingerprint density at radius 3 is 2.58 bits per heavy atom. The van der Waals surface area contributed by atoms with Gasteiger partial charge in [-0.15, -0.1) is 0 Å². The second-order valence-corrected chi connectivity index (χ2v) is 4.99. The van der Waals surface area contributed by atoms with Crippen molar-refractivity contribution in [2.75, 3.05) is 13.2 Å². The van der Waals surface area contributed by atoms with Crippen molar-refractivity contribution in [3.63, 3.8) is 0 Å². The average Bonchev–Trinajstić information content (AvgIpc) is 2.44. The molecule has 0 aliphatic rings. The lowest BCUT2D eigenvalue weighted by Gasteiger charge is -2.27. The lowest BCUT2D eigenvalue weighted by molar-refractivity contribution is 0.169. The van der Waals surface area contributed by atoms with Crippen molar-refractivity contribution in [2.24, 2.45) is 0 Å². The van der Waals surface area contributed by atoms with Crippen molar-refractivity contribution in [3.05, 3.63) is 41.5 Å². The number of aliphatic hydroxyl groups excluding tert-OH is 1. The first kappa shape index (κ1) is 15.4. The number of hydrogen-bond donors (Lipinski definition) is 2. The summed E-state index contributed by atoms with van der Waals surface area (Å²) >= 11 is 0. The molecule has 0 bridgehead atoms. The van der Waals surface area contributed by atoms with Crippen molar-refractivity contribution in [1.82, 2.24) is 5.32 Å². The summed E-state index contributed by atoms with van der Waals surface area (Å²) in [6.07, 6.45) is 6.04. The van der Waals surface area contributed by atoms with E-state index in [9.17, 15) is 5.11 Å². The first-order chi connectivity index (χ1) is 9.13. The van der Waals surface area contributed by atoms with Crippen LogP contribution in [0.15, 0.2) is 30.3 Å². The van der Waals surface area contributed by atoms with Gasteiger partial charge in [-0.1, -0.05) is 37.6 Å². The van der Waals surface area contributed by atoms with E-state index in [1.807, 2.05) is 43.3 Å². The summed E-state index contributed by atoms with van der Waals surface area (Å²) in [5.74, 6) is 0. The summed E-state index contributed by atoms with van der Waals surface area (Å²) < 4.78 is 0. The Balaban J connectivity index is 2.47. The van der Waals surface area contributed by atoms with Gasteiger partial charge < -0.3 is 10.4 Å². The zero-order valence-electron chi connectivity index (χ0n) is 11.7. The number of benzene rings is 1. The second kappa shape index (κ2) is 7.73. The quantitative estimate of drug-likeness (QED) is 0.790. The van der Waals surface area contributed by atoms with Gasteiger partial charge in [-0.25, -0.2) is 0 Å². The molecule has 3 nitrogen and oxygen atoms in total. The number of rotatable bonds is 7. The summed E-state index contributed by atoms with van der Waals surface area (Å²) in [6.45, 7) is 5.01. The number of nitrogens with zero attached hydrogens (tertiary/aromatic N) is 1. The maximum Gasteiger partial charge on any atom is 0.0991 e. The van der Waals surface area contributed by atoms with E-state index in [1.54, 1.807) is 0 Å². The molecule has 1 unspecified atom stereocenters. The fourth-order valence-electron chi connectivity index (χ4n) is 1.94. The fraction of sp³-hybridized carbons (Fsp3) is 0.438. The van der Waals surface area contributed by atoms with E-state index in [0.29, 0.717) is 5.56 Å². The minimum absolute atomic E-state index is 0.144. The monoisotopic (exact) mass is 258 g/mol. The Morgan fingerprint density at radius 1 is 1.37 bits per heavy atom. The van der Waals surface area contributed by atoms with Gasteiger partial charge in [0.1, 0.15) is 0 Å². The molecule has 0 aromatic heterocycles. The highest BCUT2D eigenvalue weighted by atomic mass is 16.3. The van der Waals surface area contributed by atoms with E-state index in [4.69, 9.17) is 5.26 Å². The highest BCUT2D eigenvalue weighted by molar-refractivity contribution is 5.51. The zero-order chi connectivity index (χ0) is 14.1. The summed E-state index contributed by atoms with van der Waals surface area (Å²) in [6, 6.07) is 9.56. The predicted molar refractivity (Wildman–Crippen MR) is 78.6 cm³/mol. The molecule has 19 heavy (non-hydrogen) atoms. The molecule has 0 amide bonds. The molecule has 102 valence electrons. The highest BCUT2D eigenvalue weighted by Crippen LogP contribution is 2.11. The van der Waals surface area contributed by atoms with Gasteiger partial charge in [0.15, 0.2) is 0 Å². The van der Waals surface area contributed by atoms with E-state index in [2.05, 4.69) is 18.3 Å². The van der Waals surface area contributed by atoms with E-state index in [-0.39, 0.29) is 12.1 Å². The Labute approximate surface area is 115 Å². The SMILES string of the molecule is CCCC(C)(CO)NC/C=C/c1ccc(C#N)cc1. The van der Waals surface area contributed by atoms with Crippen LogP contribution >= 0.6 is 0 Å². The number of nitrogens with one attached hydrogen (secondary N) is 1. The summed E-state index contributed by atoms with van der Waals surface area (Å²) in [5.41, 5.74) is 1.54. The minimum Gasteiger partial charge on any atom is -0.394 e. The molecule has 1 atom stereocenters. The van der Waals surface area contributed by atoms with Crippen molar-refractivity contribution in [1.29, 1.82) is 5.26 Å². The third-order valence-electron chi connectivity index (χ3n) is 3.15. The standard InChI is InChI=1S/C16H22N2O/c1-3-10-16(2,13-19)18-11-4-5-14-6-8-15(12-17)9-7-14/h4-9,18-19H,3,10-11,13H2,1-2H3/b5-4+. The largest absolute Gasteiger partial charge is 0.394 e. The Morgan fingerprint density at radius 2 is 2.05 bits per heavy atom. The highest BCUT2D eigenvalue weighted by Gasteiger charge is 2.19. The van der Waals surface area contributed by atoms with Crippen LogP contribution < -0.4 is 5.32 Å². The van der Waals surface area contributed by atoms with E-state index in [1.165, 1.54) is 0 Å². The van der Waals surface area contributed by atoms with Crippen LogP contribution in [0.1, 0.15) is 37.8 Å². The minimum atomic E-state index is -0.205. The van der Waals surface area contributed by atoms with Crippen LogP contribution in [0.5, 0.6) is 0 Å². The van der Waals surface area contributed by atoms with Gasteiger partial charge in [0, 0.05) is 12.1 Å². The van der Waals surface area contributed by atoms with Gasteiger partial charge >= 0.3 is 0 Å². The fourth-order valence-corrected chi connectivity index (χ4v) is 1.94. The zero-order valence-corrected chi connectivity index (χ0v) is 11.7. The van der Waals surface area contributed by atoms with Crippen molar-refractivity contribution >= 4 is 6.08 Å². The maximum atomic E-state index is 9.37. The van der Waals surface area contributed by atoms with Crippen molar-refractivity contribution in [2.45, 2.75) is 32.2 Å². The van der Waals surface area contributed by atoms with E-state index < -0.39 is 0 Å². The first-order valence-electron chi connectivity index (χ1n) is 6.66. The maximum absolute atomic E-state index is 9.37. The van der Waals surface area contributed by atoms with Crippen molar-refractivity contribution in [3.8, 4) is 6.07 Å². The molecule has 1 aromatic carbocycles. The molecule has 0 fully saturated rings. The smallest absolute Gasteiger partial charge is 0.0991 e. The lowest BCUT2D eigenvalue weighted by atomic mass is 9.97. The molecule has 0 aliphatic carbocycles. The molecular weight excluding hydrogens is 236 g/mol. The summed E-state index contributed by atoms with van der Waals surface area (Å²) in [4.78, 5) is 0. The molecule has 0 saturated carbocycles. The van der Waals surface area contributed by atoms with Crippen molar-refractivity contribution < 1.29 is 5.11 Å². The van der Waals surface area contributed by atoms with Gasteiger partial charge in [0.2, 0.25) is 0 Å². The van der Waals surface area contributed by atoms with Gasteiger partial charge in [0.25, 0.3) is 0 Å². The first-order valence-corrected chi connectivity index (χ1v) is 6.66. The van der Waals surface area contributed by atoms with Gasteiger partial charge in [-0.05, 0) is 31.0 Å². The lowest BCUT2D eigenvalue weighted by Crippen LogP contribution is -2.45. The normalized spacial score (nSPS) is 14.2. The molecule has 3 heteroatoms. The summed E-state index contributed by atoms with van der Waals surface area (Å²) in [5, 5.41) is 21.4. The third-order valence-corrected chi connectivity index (χ3v) is 3.15. The molecule has 0 saturated heterocycles. The van der Waals surface area contributed by atoms with Crippen LogP contribution in [0, 0.1) is 11.3 Å². The summed E-state index contributed by atoms with van der Waals surface area (Å²) in [7, 11) is 0. The Kier molecular flexibility index (Phi) is 6.27. The molecule has 2 N–H and O–H groups in total. The molecule has 1 rings (SSSR count). The van der Waals surface area contributed by atoms with Crippen LogP contribution in [0.3, 0.4) is 0 Å². The number of nitriles is 1. The van der Waals surface area contributed by atoms with Crippen LogP contribution in [-0.4, -0.2) is 23.8 Å². The second-order valence-electron chi connectivity index (χ2n) is 4.99.